The normalized spacial score (nSPS) is 10.4. The minimum absolute atomic E-state index is 0.268. The molecule has 0 unspecified atom stereocenters. The molecule has 0 aliphatic heterocycles. The van der Waals surface area contributed by atoms with Crippen LogP contribution in [0.1, 0.15) is 60.2 Å². The van der Waals surface area contributed by atoms with E-state index >= 15 is 0 Å². The lowest BCUT2D eigenvalue weighted by Gasteiger charge is -2.12. The van der Waals surface area contributed by atoms with Crippen LogP contribution in [0.15, 0.2) is 46.9 Å². The summed E-state index contributed by atoms with van der Waals surface area (Å²) in [6.45, 7) is 4.71. The van der Waals surface area contributed by atoms with E-state index < -0.39 is 11.9 Å². The van der Waals surface area contributed by atoms with Gasteiger partial charge in [-0.25, -0.2) is 9.59 Å². The average molecular weight is 449 g/mol. The number of hydrogen-bond acceptors (Lipinski definition) is 5. The molecule has 0 amide bonds. The Morgan fingerprint density at radius 3 is 2.54 bits per heavy atom. The van der Waals surface area contributed by atoms with Crippen LogP contribution in [-0.4, -0.2) is 25.2 Å². The van der Waals surface area contributed by atoms with E-state index in [1.54, 1.807) is 37.3 Å². The summed E-state index contributed by atoms with van der Waals surface area (Å²) in [4.78, 5) is 24.5. The zero-order chi connectivity index (χ0) is 20.4. The minimum Gasteiger partial charge on any atom is -0.493 e. The number of hydrogen-bond donors (Lipinski definition) is 0. The maximum absolute atomic E-state index is 12.7. The van der Waals surface area contributed by atoms with E-state index in [0.29, 0.717) is 23.5 Å². The molecule has 0 spiro atoms. The van der Waals surface area contributed by atoms with Gasteiger partial charge in [0.1, 0.15) is 17.1 Å². The third-order valence-corrected chi connectivity index (χ3v) is 4.47. The van der Waals surface area contributed by atoms with E-state index in [1.165, 1.54) is 6.07 Å². The fraction of sp³-hybridized carbons (Fsp3) is 0.364. The predicted molar refractivity (Wildman–Crippen MR) is 111 cm³/mol. The maximum Gasteiger partial charge on any atom is 0.347 e. The van der Waals surface area contributed by atoms with E-state index in [0.717, 1.165) is 30.2 Å². The molecule has 2 aromatic carbocycles. The van der Waals surface area contributed by atoms with Crippen molar-refractivity contribution in [3.05, 3.63) is 58.1 Å². The van der Waals surface area contributed by atoms with Gasteiger partial charge in [-0.15, -0.1) is 0 Å². The Kier molecular flexibility index (Phi) is 9.01. The Bertz CT molecular complexity index is 803. The molecule has 0 heterocycles. The van der Waals surface area contributed by atoms with E-state index in [2.05, 4.69) is 22.9 Å². The maximum atomic E-state index is 12.7. The molecule has 0 aromatic heterocycles. The number of carbonyl (C=O) groups is 2. The molecule has 0 aliphatic carbocycles. The summed E-state index contributed by atoms with van der Waals surface area (Å²) in [6, 6.07) is 11.6. The highest BCUT2D eigenvalue weighted by atomic mass is 79.9. The topological polar surface area (TPSA) is 61.8 Å². The van der Waals surface area contributed by atoms with Gasteiger partial charge in [0.25, 0.3) is 0 Å². The standard InChI is InChI=1S/C22H25BrO5/c1-3-5-6-7-13-27-20-12-11-17(23)15-19(20)22(25)28-18-10-8-9-16(14-18)21(24)26-4-2/h8-12,14-15H,3-7,13H2,1-2H3. The third-order valence-electron chi connectivity index (χ3n) is 3.97. The second-order valence-electron chi connectivity index (χ2n) is 6.19. The quantitative estimate of drug-likeness (QED) is 0.261. The van der Waals surface area contributed by atoms with Crippen LogP contribution in [0.2, 0.25) is 0 Å². The van der Waals surface area contributed by atoms with Crippen LogP contribution in [-0.2, 0) is 4.74 Å². The van der Waals surface area contributed by atoms with Crippen LogP contribution in [0.5, 0.6) is 11.5 Å². The van der Waals surface area contributed by atoms with Gasteiger partial charge in [0.2, 0.25) is 0 Å². The molecule has 5 nitrogen and oxygen atoms in total. The van der Waals surface area contributed by atoms with Gasteiger partial charge in [0.05, 0.1) is 18.8 Å². The van der Waals surface area contributed by atoms with Crippen molar-refractivity contribution in [2.24, 2.45) is 0 Å². The summed E-state index contributed by atoms with van der Waals surface area (Å²) in [5, 5.41) is 0. The zero-order valence-electron chi connectivity index (χ0n) is 16.2. The Morgan fingerprint density at radius 2 is 1.79 bits per heavy atom. The lowest BCUT2D eigenvalue weighted by molar-refractivity contribution is 0.0524. The molecule has 0 bridgehead atoms. The van der Waals surface area contributed by atoms with Gasteiger partial charge < -0.3 is 14.2 Å². The Morgan fingerprint density at radius 1 is 0.964 bits per heavy atom. The minimum atomic E-state index is -0.550. The average Bonchev–Trinajstić information content (AvgIpc) is 2.69. The summed E-state index contributed by atoms with van der Waals surface area (Å²) in [7, 11) is 0. The van der Waals surface area contributed by atoms with E-state index in [1.807, 2.05) is 6.07 Å². The molecule has 6 heteroatoms. The van der Waals surface area contributed by atoms with E-state index in [4.69, 9.17) is 14.2 Å². The number of ether oxygens (including phenoxy) is 3. The summed E-state index contributed by atoms with van der Waals surface area (Å²) >= 11 is 3.38. The number of carbonyl (C=O) groups excluding carboxylic acids is 2. The largest absolute Gasteiger partial charge is 0.493 e. The molecule has 0 N–H and O–H groups in total. The predicted octanol–water partition coefficient (Wildman–Crippen LogP) is 5.80. The van der Waals surface area contributed by atoms with Crippen LogP contribution in [0.4, 0.5) is 0 Å². The number of benzene rings is 2. The summed E-state index contributed by atoms with van der Waals surface area (Å²) in [5.74, 6) is -0.263. The molecule has 0 fully saturated rings. The monoisotopic (exact) mass is 448 g/mol. The Labute approximate surface area is 174 Å². The van der Waals surface area contributed by atoms with Crippen molar-refractivity contribution in [2.75, 3.05) is 13.2 Å². The van der Waals surface area contributed by atoms with Crippen LogP contribution in [0, 0.1) is 0 Å². The number of unbranched alkanes of at least 4 members (excludes halogenated alkanes) is 3. The number of esters is 2. The highest BCUT2D eigenvalue weighted by molar-refractivity contribution is 9.10. The lowest BCUT2D eigenvalue weighted by Crippen LogP contribution is -2.12. The van der Waals surface area contributed by atoms with Crippen molar-refractivity contribution in [1.29, 1.82) is 0 Å². The molecular formula is C22H25BrO5. The molecule has 0 saturated carbocycles. The molecule has 28 heavy (non-hydrogen) atoms. The Balaban J connectivity index is 2.10. The third kappa shape index (κ3) is 6.68. The summed E-state index contributed by atoms with van der Waals surface area (Å²) in [6.07, 6.45) is 4.34. The second kappa shape index (κ2) is 11.5. The molecule has 2 rings (SSSR count). The first-order valence-electron chi connectivity index (χ1n) is 9.46. The molecule has 0 radical (unpaired) electrons. The van der Waals surface area contributed by atoms with Crippen molar-refractivity contribution >= 4 is 27.9 Å². The first-order chi connectivity index (χ1) is 13.5. The van der Waals surface area contributed by atoms with Crippen LogP contribution in [0.3, 0.4) is 0 Å². The number of rotatable bonds is 10. The van der Waals surface area contributed by atoms with Gasteiger partial charge in [0, 0.05) is 4.47 Å². The molecule has 0 aliphatic rings. The zero-order valence-corrected chi connectivity index (χ0v) is 17.8. The summed E-state index contributed by atoms with van der Waals surface area (Å²) < 4.78 is 17.0. The SMILES string of the molecule is CCCCCCOc1ccc(Br)cc1C(=O)Oc1cccc(C(=O)OCC)c1. The fourth-order valence-corrected chi connectivity index (χ4v) is 2.92. The van der Waals surface area contributed by atoms with Gasteiger partial charge in [-0.1, -0.05) is 48.2 Å². The lowest BCUT2D eigenvalue weighted by atomic mass is 10.2. The highest BCUT2D eigenvalue weighted by Crippen LogP contribution is 2.26. The smallest absolute Gasteiger partial charge is 0.347 e. The molecule has 2 aromatic rings. The first-order valence-corrected chi connectivity index (χ1v) is 10.3. The van der Waals surface area contributed by atoms with Gasteiger partial charge in [-0.05, 0) is 49.7 Å². The van der Waals surface area contributed by atoms with Gasteiger partial charge in [0.15, 0.2) is 0 Å². The number of halogens is 1. The van der Waals surface area contributed by atoms with Crippen molar-refractivity contribution in [2.45, 2.75) is 39.5 Å². The Hall–Kier alpha value is -2.34. The highest BCUT2D eigenvalue weighted by Gasteiger charge is 2.17. The van der Waals surface area contributed by atoms with E-state index in [9.17, 15) is 9.59 Å². The van der Waals surface area contributed by atoms with Crippen molar-refractivity contribution < 1.29 is 23.8 Å². The first kappa shape index (κ1) is 22.0. The fourth-order valence-electron chi connectivity index (χ4n) is 2.56. The van der Waals surface area contributed by atoms with Crippen molar-refractivity contribution in [3.63, 3.8) is 0 Å². The van der Waals surface area contributed by atoms with Crippen molar-refractivity contribution in [3.8, 4) is 11.5 Å². The second-order valence-corrected chi connectivity index (χ2v) is 7.10. The van der Waals surface area contributed by atoms with Crippen LogP contribution >= 0.6 is 15.9 Å². The van der Waals surface area contributed by atoms with Crippen LogP contribution in [0.25, 0.3) is 0 Å². The molecular weight excluding hydrogens is 424 g/mol. The van der Waals surface area contributed by atoms with Crippen LogP contribution < -0.4 is 9.47 Å². The molecule has 0 saturated heterocycles. The molecule has 150 valence electrons. The van der Waals surface area contributed by atoms with Gasteiger partial charge in [-0.3, -0.25) is 0 Å². The van der Waals surface area contributed by atoms with Gasteiger partial charge in [-0.2, -0.15) is 0 Å². The van der Waals surface area contributed by atoms with Crippen molar-refractivity contribution in [1.82, 2.24) is 0 Å². The summed E-state index contributed by atoms with van der Waals surface area (Å²) in [5.41, 5.74) is 0.653. The van der Waals surface area contributed by atoms with Gasteiger partial charge >= 0.3 is 11.9 Å². The van der Waals surface area contributed by atoms with E-state index in [-0.39, 0.29) is 12.4 Å². The molecule has 0 atom stereocenters.